The summed E-state index contributed by atoms with van der Waals surface area (Å²) >= 11 is 3.40. The Morgan fingerprint density at radius 1 is 1.50 bits per heavy atom. The van der Waals surface area contributed by atoms with Crippen LogP contribution in [-0.2, 0) is 0 Å². The summed E-state index contributed by atoms with van der Waals surface area (Å²) in [5, 5.41) is 0. The molecule has 0 radical (unpaired) electrons. The number of nitrogens with two attached hydrogens (primary N) is 1. The highest BCUT2D eigenvalue weighted by molar-refractivity contribution is 9.10. The van der Waals surface area contributed by atoms with E-state index in [2.05, 4.69) is 15.9 Å². The maximum atomic E-state index is 12.3. The monoisotopic (exact) mass is 282 g/mol. The summed E-state index contributed by atoms with van der Waals surface area (Å²) in [6, 6.07) is 7.72. The van der Waals surface area contributed by atoms with Gasteiger partial charge < -0.3 is 10.6 Å². The van der Waals surface area contributed by atoms with Crippen molar-refractivity contribution >= 4 is 21.8 Å². The van der Waals surface area contributed by atoms with Crippen LogP contribution in [0.1, 0.15) is 23.7 Å². The summed E-state index contributed by atoms with van der Waals surface area (Å²) in [6.45, 7) is 2.76. The molecule has 1 fully saturated rings. The van der Waals surface area contributed by atoms with E-state index in [9.17, 15) is 4.79 Å². The van der Waals surface area contributed by atoms with Gasteiger partial charge in [-0.2, -0.15) is 0 Å². The summed E-state index contributed by atoms with van der Waals surface area (Å²) in [5.74, 6) is 0.0629. The van der Waals surface area contributed by atoms with Gasteiger partial charge in [0.1, 0.15) is 0 Å². The molecule has 1 aromatic rings. The molecule has 2 atom stereocenters. The lowest BCUT2D eigenvalue weighted by Gasteiger charge is -2.23. The van der Waals surface area contributed by atoms with Gasteiger partial charge in [-0.3, -0.25) is 4.79 Å². The van der Waals surface area contributed by atoms with E-state index in [0.717, 1.165) is 17.4 Å². The Bertz CT molecular complexity index is 408. The van der Waals surface area contributed by atoms with E-state index in [1.165, 1.54) is 0 Å². The summed E-state index contributed by atoms with van der Waals surface area (Å²) in [5.41, 5.74) is 6.63. The van der Waals surface area contributed by atoms with Crippen LogP contribution in [0.2, 0.25) is 0 Å². The zero-order valence-corrected chi connectivity index (χ0v) is 10.8. The predicted molar refractivity (Wildman–Crippen MR) is 67.2 cm³/mol. The molecule has 2 rings (SSSR count). The van der Waals surface area contributed by atoms with Crippen LogP contribution in [0.25, 0.3) is 0 Å². The van der Waals surface area contributed by atoms with Crippen molar-refractivity contribution in [2.75, 3.05) is 6.54 Å². The Kier molecular flexibility index (Phi) is 3.30. The molecule has 0 aliphatic carbocycles. The highest BCUT2D eigenvalue weighted by atomic mass is 79.9. The molecule has 2 unspecified atom stereocenters. The Morgan fingerprint density at radius 3 is 2.75 bits per heavy atom. The van der Waals surface area contributed by atoms with Crippen molar-refractivity contribution < 1.29 is 4.79 Å². The normalized spacial score (nSPS) is 24.8. The number of halogens is 1. The second-order valence-corrected chi connectivity index (χ2v) is 5.03. The standard InChI is InChI=1S/C12H15BrN2O/c1-8-11(14)6-7-15(8)12(16)9-4-2-3-5-10(9)13/h2-5,8,11H,6-7,14H2,1H3. The highest BCUT2D eigenvalue weighted by Crippen LogP contribution is 2.23. The van der Waals surface area contributed by atoms with Gasteiger partial charge in [0.05, 0.1) is 5.56 Å². The number of amides is 1. The largest absolute Gasteiger partial charge is 0.334 e. The molecule has 86 valence electrons. The van der Waals surface area contributed by atoms with Crippen molar-refractivity contribution in [3.05, 3.63) is 34.3 Å². The van der Waals surface area contributed by atoms with Gasteiger partial charge >= 0.3 is 0 Å². The van der Waals surface area contributed by atoms with E-state index in [-0.39, 0.29) is 18.0 Å². The first-order valence-electron chi connectivity index (χ1n) is 5.42. The van der Waals surface area contributed by atoms with Gasteiger partial charge in [-0.15, -0.1) is 0 Å². The second kappa shape index (κ2) is 4.55. The van der Waals surface area contributed by atoms with Crippen LogP contribution in [-0.4, -0.2) is 29.4 Å². The fraction of sp³-hybridized carbons (Fsp3) is 0.417. The minimum absolute atomic E-state index is 0.0629. The van der Waals surface area contributed by atoms with Gasteiger partial charge in [0, 0.05) is 23.1 Å². The van der Waals surface area contributed by atoms with Crippen LogP contribution in [0.15, 0.2) is 28.7 Å². The van der Waals surface area contributed by atoms with Gasteiger partial charge in [0.25, 0.3) is 5.91 Å². The zero-order chi connectivity index (χ0) is 11.7. The number of carbonyl (C=O) groups is 1. The maximum Gasteiger partial charge on any atom is 0.255 e. The lowest BCUT2D eigenvalue weighted by Crippen LogP contribution is -2.40. The Morgan fingerprint density at radius 2 is 2.19 bits per heavy atom. The second-order valence-electron chi connectivity index (χ2n) is 4.17. The summed E-state index contributed by atoms with van der Waals surface area (Å²) in [4.78, 5) is 14.1. The first-order chi connectivity index (χ1) is 7.61. The van der Waals surface area contributed by atoms with E-state index < -0.39 is 0 Å². The van der Waals surface area contributed by atoms with Gasteiger partial charge in [0.15, 0.2) is 0 Å². The van der Waals surface area contributed by atoms with Crippen LogP contribution >= 0.6 is 15.9 Å². The van der Waals surface area contributed by atoms with E-state index in [4.69, 9.17) is 5.73 Å². The number of benzene rings is 1. The van der Waals surface area contributed by atoms with Crippen molar-refractivity contribution in [3.8, 4) is 0 Å². The Balaban J connectivity index is 2.23. The zero-order valence-electron chi connectivity index (χ0n) is 9.19. The average Bonchev–Trinajstić information content (AvgIpc) is 2.60. The number of rotatable bonds is 1. The van der Waals surface area contributed by atoms with Gasteiger partial charge in [0.2, 0.25) is 0 Å². The molecule has 1 heterocycles. The molecule has 0 saturated carbocycles. The average molecular weight is 283 g/mol. The third kappa shape index (κ3) is 1.99. The molecule has 2 N–H and O–H groups in total. The van der Waals surface area contributed by atoms with Crippen LogP contribution < -0.4 is 5.73 Å². The maximum absolute atomic E-state index is 12.3. The summed E-state index contributed by atoms with van der Waals surface area (Å²) in [7, 11) is 0. The van der Waals surface area contributed by atoms with Crippen LogP contribution in [0, 0.1) is 0 Å². The van der Waals surface area contributed by atoms with E-state index in [1.54, 1.807) is 0 Å². The molecular weight excluding hydrogens is 268 g/mol. The molecule has 1 saturated heterocycles. The molecule has 1 aliphatic heterocycles. The third-order valence-electron chi connectivity index (χ3n) is 3.18. The first kappa shape index (κ1) is 11.6. The molecule has 0 spiro atoms. The van der Waals surface area contributed by atoms with Crippen LogP contribution in [0.3, 0.4) is 0 Å². The molecule has 1 aromatic carbocycles. The minimum Gasteiger partial charge on any atom is -0.334 e. The van der Waals surface area contributed by atoms with Crippen molar-refractivity contribution in [3.63, 3.8) is 0 Å². The summed E-state index contributed by atoms with van der Waals surface area (Å²) < 4.78 is 0.840. The predicted octanol–water partition coefficient (Wildman–Crippen LogP) is 2.01. The molecular formula is C12H15BrN2O. The van der Waals surface area contributed by atoms with Crippen LogP contribution in [0.4, 0.5) is 0 Å². The Hall–Kier alpha value is -0.870. The minimum atomic E-state index is 0.0629. The molecule has 16 heavy (non-hydrogen) atoms. The van der Waals surface area contributed by atoms with Gasteiger partial charge in [-0.1, -0.05) is 12.1 Å². The molecule has 1 amide bonds. The number of nitrogens with zero attached hydrogens (tertiary/aromatic N) is 1. The fourth-order valence-corrected chi connectivity index (χ4v) is 2.49. The van der Waals surface area contributed by atoms with Crippen LogP contribution in [0.5, 0.6) is 0 Å². The Labute approximate surface area is 104 Å². The molecule has 4 heteroatoms. The molecule has 1 aliphatic rings. The molecule has 3 nitrogen and oxygen atoms in total. The van der Waals surface area contributed by atoms with Gasteiger partial charge in [-0.05, 0) is 41.4 Å². The number of hydrogen-bond acceptors (Lipinski definition) is 2. The quantitative estimate of drug-likeness (QED) is 0.857. The van der Waals surface area contributed by atoms with Crippen molar-refractivity contribution in [1.82, 2.24) is 4.90 Å². The smallest absolute Gasteiger partial charge is 0.255 e. The lowest BCUT2D eigenvalue weighted by atomic mass is 10.1. The third-order valence-corrected chi connectivity index (χ3v) is 3.87. The molecule has 0 bridgehead atoms. The number of likely N-dealkylation sites (tertiary alicyclic amines) is 1. The highest BCUT2D eigenvalue weighted by Gasteiger charge is 2.32. The first-order valence-corrected chi connectivity index (χ1v) is 6.21. The van der Waals surface area contributed by atoms with Gasteiger partial charge in [-0.25, -0.2) is 0 Å². The number of hydrogen-bond donors (Lipinski definition) is 1. The topological polar surface area (TPSA) is 46.3 Å². The van der Waals surface area contributed by atoms with Crippen molar-refractivity contribution in [1.29, 1.82) is 0 Å². The molecule has 0 aromatic heterocycles. The lowest BCUT2D eigenvalue weighted by molar-refractivity contribution is 0.0741. The van der Waals surface area contributed by atoms with E-state index >= 15 is 0 Å². The van der Waals surface area contributed by atoms with Crippen molar-refractivity contribution in [2.45, 2.75) is 25.4 Å². The van der Waals surface area contributed by atoms with Crippen molar-refractivity contribution in [2.24, 2.45) is 5.73 Å². The number of carbonyl (C=O) groups excluding carboxylic acids is 1. The fourth-order valence-electron chi connectivity index (χ4n) is 2.04. The summed E-state index contributed by atoms with van der Waals surface area (Å²) in [6.07, 6.45) is 0.886. The SMILES string of the molecule is CC1C(N)CCN1C(=O)c1ccccc1Br. The van der Waals surface area contributed by atoms with E-state index in [0.29, 0.717) is 5.56 Å². The van der Waals surface area contributed by atoms with E-state index in [1.807, 2.05) is 36.1 Å².